The minimum Gasteiger partial charge on any atom is -0.211 e. The largest absolute Gasteiger partial charge is 0.240 e. The van der Waals surface area contributed by atoms with Crippen LogP contribution < -0.4 is 4.72 Å². The van der Waals surface area contributed by atoms with E-state index < -0.39 is 15.8 Å². The number of sulfonamides is 1. The highest BCUT2D eigenvalue weighted by Crippen LogP contribution is 2.33. The highest BCUT2D eigenvalue weighted by Gasteiger charge is 2.17. The predicted octanol–water partition coefficient (Wildman–Crippen LogP) is 4.72. The van der Waals surface area contributed by atoms with Gasteiger partial charge in [0.05, 0.1) is 4.90 Å². The van der Waals surface area contributed by atoms with E-state index in [4.69, 9.17) is 0 Å². The molecule has 1 aliphatic rings. The molecule has 0 heterocycles. The Morgan fingerprint density at radius 3 is 1.97 bits per heavy atom. The molecule has 0 unspecified atom stereocenters. The average Bonchev–Trinajstić information content (AvgIpc) is 2.89. The molecule has 3 aromatic carbocycles. The summed E-state index contributed by atoms with van der Waals surface area (Å²) in [7, 11) is -3.65. The van der Waals surface area contributed by atoms with Gasteiger partial charge in [-0.1, -0.05) is 54.6 Å². The van der Waals surface area contributed by atoms with Crippen LogP contribution >= 0.6 is 0 Å². The second kappa shape index (κ2) is 8.31. The average molecular weight is 408 g/mol. The highest BCUT2D eigenvalue weighted by atomic mass is 32.2. The van der Waals surface area contributed by atoms with Crippen LogP contribution in [-0.2, 0) is 22.9 Å². The maximum absolute atomic E-state index is 13.0. The van der Waals surface area contributed by atoms with Gasteiger partial charge in [-0.15, -0.1) is 0 Å². The van der Waals surface area contributed by atoms with Crippen molar-refractivity contribution >= 4 is 15.6 Å². The van der Waals surface area contributed by atoms with Crippen molar-refractivity contribution in [2.24, 2.45) is 0 Å². The molecule has 0 amide bonds. The van der Waals surface area contributed by atoms with E-state index in [1.807, 2.05) is 12.1 Å². The van der Waals surface area contributed by atoms with Gasteiger partial charge >= 0.3 is 0 Å². The molecule has 3 aromatic rings. The molecular weight excluding hydrogens is 385 g/mol. The number of fused-ring (bicyclic) bond motifs is 2. The van der Waals surface area contributed by atoms with Crippen molar-refractivity contribution in [2.45, 2.75) is 24.2 Å². The summed E-state index contributed by atoms with van der Waals surface area (Å²) in [6.45, 7) is 0.271. The molecule has 29 heavy (non-hydrogen) atoms. The molecule has 0 atom stereocenters. The topological polar surface area (TPSA) is 46.2 Å². The van der Waals surface area contributed by atoms with Crippen molar-refractivity contribution in [1.82, 2.24) is 4.72 Å². The van der Waals surface area contributed by atoms with Crippen LogP contribution in [-0.4, -0.2) is 15.0 Å². The first kappa shape index (κ1) is 19.6. The number of aryl methyl sites for hydroxylation is 2. The second-order valence-corrected chi connectivity index (χ2v) is 8.84. The molecule has 0 saturated heterocycles. The lowest BCUT2D eigenvalue weighted by Gasteiger charge is -2.12. The van der Waals surface area contributed by atoms with Crippen LogP contribution in [0.2, 0.25) is 0 Å². The minimum absolute atomic E-state index is 0.0664. The number of rotatable bonds is 5. The Labute approximate surface area is 171 Å². The van der Waals surface area contributed by atoms with Crippen molar-refractivity contribution in [3.05, 3.63) is 107 Å². The monoisotopic (exact) mass is 407 g/mol. The van der Waals surface area contributed by atoms with Crippen molar-refractivity contribution in [1.29, 1.82) is 0 Å². The van der Waals surface area contributed by atoms with Crippen LogP contribution in [0, 0.1) is 5.82 Å². The molecule has 0 radical (unpaired) electrons. The summed E-state index contributed by atoms with van der Waals surface area (Å²) < 4.78 is 40.4. The van der Waals surface area contributed by atoms with Crippen molar-refractivity contribution in [3.63, 3.8) is 0 Å². The van der Waals surface area contributed by atoms with E-state index in [2.05, 4.69) is 47.2 Å². The number of hydrogen-bond acceptors (Lipinski definition) is 2. The van der Waals surface area contributed by atoms with Gasteiger partial charge < -0.3 is 0 Å². The second-order valence-electron chi connectivity index (χ2n) is 7.07. The van der Waals surface area contributed by atoms with Gasteiger partial charge in [0.2, 0.25) is 10.0 Å². The summed E-state index contributed by atoms with van der Waals surface area (Å²) in [4.78, 5) is 0.0664. The van der Waals surface area contributed by atoms with Crippen LogP contribution in [0.3, 0.4) is 0 Å². The lowest BCUT2D eigenvalue weighted by molar-refractivity contribution is 0.581. The SMILES string of the molecule is O=S(=O)(NCCC=C1c2ccccc2CCc2ccccc21)c1ccc(F)cc1. The number of benzene rings is 3. The Balaban J connectivity index is 1.56. The lowest BCUT2D eigenvalue weighted by Crippen LogP contribution is -2.24. The molecule has 1 aliphatic carbocycles. The van der Waals surface area contributed by atoms with Crippen molar-refractivity contribution < 1.29 is 12.8 Å². The van der Waals surface area contributed by atoms with Gasteiger partial charge in [-0.05, 0) is 71.4 Å². The number of halogens is 1. The zero-order valence-corrected chi connectivity index (χ0v) is 16.8. The summed E-state index contributed by atoms with van der Waals surface area (Å²) in [6, 6.07) is 21.6. The highest BCUT2D eigenvalue weighted by molar-refractivity contribution is 7.89. The first-order chi connectivity index (χ1) is 14.0. The van der Waals surface area contributed by atoms with Gasteiger partial charge in [-0.2, -0.15) is 0 Å². The maximum atomic E-state index is 13.0. The predicted molar refractivity (Wildman–Crippen MR) is 114 cm³/mol. The lowest BCUT2D eigenvalue weighted by atomic mass is 9.93. The Morgan fingerprint density at radius 2 is 1.38 bits per heavy atom. The van der Waals surface area contributed by atoms with E-state index in [0.29, 0.717) is 6.42 Å². The Hall–Kier alpha value is -2.76. The van der Waals surface area contributed by atoms with Crippen LogP contribution in [0.4, 0.5) is 4.39 Å². The van der Waals surface area contributed by atoms with E-state index in [0.717, 1.165) is 30.5 Å². The van der Waals surface area contributed by atoms with E-state index in [1.165, 1.54) is 34.4 Å². The molecule has 0 saturated carbocycles. The minimum atomic E-state index is -3.65. The quantitative estimate of drug-likeness (QED) is 0.622. The van der Waals surface area contributed by atoms with Crippen molar-refractivity contribution in [3.8, 4) is 0 Å². The summed E-state index contributed by atoms with van der Waals surface area (Å²) in [5, 5.41) is 0. The Bertz CT molecular complexity index is 1100. The molecule has 148 valence electrons. The van der Waals surface area contributed by atoms with E-state index in [9.17, 15) is 12.8 Å². The standard InChI is InChI=1S/C24H22FNO2S/c25-20-13-15-21(16-14-20)29(27,28)26-17-5-10-24-22-8-3-1-6-18(22)11-12-19-7-2-4-9-23(19)24/h1-4,6-10,13-16,26H,5,11-12,17H2. The molecule has 0 bridgehead atoms. The van der Waals surface area contributed by atoms with Gasteiger partial charge in [0.15, 0.2) is 0 Å². The first-order valence-corrected chi connectivity index (χ1v) is 11.1. The molecule has 0 aliphatic heterocycles. The zero-order valence-electron chi connectivity index (χ0n) is 15.9. The molecule has 0 aromatic heterocycles. The van der Waals surface area contributed by atoms with Crippen molar-refractivity contribution in [2.75, 3.05) is 6.54 Å². The normalized spacial score (nSPS) is 13.3. The third-order valence-corrected chi connectivity index (χ3v) is 6.66. The fourth-order valence-electron chi connectivity index (χ4n) is 3.74. The van der Waals surface area contributed by atoms with E-state index in [1.54, 1.807) is 0 Å². The third-order valence-electron chi connectivity index (χ3n) is 5.19. The van der Waals surface area contributed by atoms with E-state index in [-0.39, 0.29) is 11.4 Å². The van der Waals surface area contributed by atoms with Gasteiger partial charge in [-0.3, -0.25) is 0 Å². The summed E-state index contributed by atoms with van der Waals surface area (Å²) >= 11 is 0. The molecule has 5 heteroatoms. The molecule has 0 spiro atoms. The third kappa shape index (κ3) is 4.31. The summed E-state index contributed by atoms with van der Waals surface area (Å²) in [5.41, 5.74) is 6.18. The smallest absolute Gasteiger partial charge is 0.211 e. The summed E-state index contributed by atoms with van der Waals surface area (Å²) in [6.07, 6.45) is 4.64. The molecule has 4 rings (SSSR count). The Morgan fingerprint density at radius 1 is 0.828 bits per heavy atom. The van der Waals surface area contributed by atoms with Gasteiger partial charge in [0.25, 0.3) is 0 Å². The van der Waals surface area contributed by atoms with Gasteiger partial charge in [-0.25, -0.2) is 17.5 Å². The fraction of sp³-hybridized carbons (Fsp3) is 0.167. The van der Waals surface area contributed by atoms with Gasteiger partial charge in [0.1, 0.15) is 5.82 Å². The fourth-order valence-corrected chi connectivity index (χ4v) is 4.79. The van der Waals surface area contributed by atoms with Crippen LogP contribution in [0.25, 0.3) is 5.57 Å². The van der Waals surface area contributed by atoms with Crippen LogP contribution in [0.5, 0.6) is 0 Å². The first-order valence-electron chi connectivity index (χ1n) is 9.66. The maximum Gasteiger partial charge on any atom is 0.240 e. The Kier molecular flexibility index (Phi) is 5.60. The summed E-state index contributed by atoms with van der Waals surface area (Å²) in [5.74, 6) is -0.459. The number of hydrogen-bond donors (Lipinski definition) is 1. The number of nitrogens with one attached hydrogen (secondary N) is 1. The molecule has 1 N–H and O–H groups in total. The van der Waals surface area contributed by atoms with Gasteiger partial charge in [0, 0.05) is 6.54 Å². The molecule has 3 nitrogen and oxygen atoms in total. The molecule has 0 fully saturated rings. The van der Waals surface area contributed by atoms with Crippen LogP contribution in [0.15, 0.2) is 83.8 Å². The zero-order chi connectivity index (χ0) is 20.3. The molecular formula is C24H22FNO2S. The van der Waals surface area contributed by atoms with E-state index >= 15 is 0 Å². The van der Waals surface area contributed by atoms with Crippen LogP contribution in [0.1, 0.15) is 28.7 Å².